The Bertz CT molecular complexity index is 484. The highest BCUT2D eigenvalue weighted by atomic mass is 16.5. The molecular formula is C16H26N2O3. The average Bonchev–Trinajstić information content (AvgIpc) is 2.87. The summed E-state index contributed by atoms with van der Waals surface area (Å²) in [6.45, 7) is 6.44. The number of hydrogen-bond donors (Lipinski definition) is 1. The number of methoxy groups -OCH3 is 1. The van der Waals surface area contributed by atoms with Crippen molar-refractivity contribution in [3.8, 4) is 0 Å². The molecule has 2 rings (SSSR count). The van der Waals surface area contributed by atoms with Gasteiger partial charge in [0.05, 0.1) is 13.7 Å². The number of nitrogens with two attached hydrogens (primary N) is 1. The van der Waals surface area contributed by atoms with Crippen LogP contribution in [0.15, 0.2) is 10.5 Å². The lowest BCUT2D eigenvalue weighted by atomic mass is 9.89. The van der Waals surface area contributed by atoms with Crippen LogP contribution in [0.1, 0.15) is 48.1 Å². The summed E-state index contributed by atoms with van der Waals surface area (Å²) in [6.07, 6.45) is 3.57. The summed E-state index contributed by atoms with van der Waals surface area (Å²) < 4.78 is 10.5. The van der Waals surface area contributed by atoms with Gasteiger partial charge in [0.1, 0.15) is 17.1 Å². The molecule has 5 heteroatoms. The van der Waals surface area contributed by atoms with E-state index in [1.807, 2.05) is 0 Å². The lowest BCUT2D eigenvalue weighted by Gasteiger charge is -2.38. The van der Waals surface area contributed by atoms with Crippen molar-refractivity contribution >= 4 is 5.97 Å². The molecule has 2 N–H and O–H groups in total. The van der Waals surface area contributed by atoms with Gasteiger partial charge in [0.15, 0.2) is 0 Å². The molecule has 21 heavy (non-hydrogen) atoms. The van der Waals surface area contributed by atoms with Crippen LogP contribution < -0.4 is 5.73 Å². The van der Waals surface area contributed by atoms with Crippen molar-refractivity contribution in [2.75, 3.05) is 20.2 Å². The van der Waals surface area contributed by atoms with Crippen molar-refractivity contribution < 1.29 is 13.9 Å². The Kier molecular flexibility index (Phi) is 5.42. The predicted molar refractivity (Wildman–Crippen MR) is 81.1 cm³/mol. The summed E-state index contributed by atoms with van der Waals surface area (Å²) in [6, 6.07) is 2.19. The number of furan rings is 1. The number of carbonyl (C=O) groups is 1. The van der Waals surface area contributed by atoms with Crippen molar-refractivity contribution in [1.29, 1.82) is 0 Å². The van der Waals surface area contributed by atoms with Gasteiger partial charge in [-0.2, -0.15) is 0 Å². The van der Waals surface area contributed by atoms with E-state index in [0.29, 0.717) is 30.5 Å². The molecule has 1 aliphatic rings. The Morgan fingerprint density at radius 2 is 2.33 bits per heavy atom. The van der Waals surface area contributed by atoms with E-state index in [-0.39, 0.29) is 5.97 Å². The fraction of sp³-hybridized carbons (Fsp3) is 0.688. The Morgan fingerprint density at radius 1 is 1.57 bits per heavy atom. The van der Waals surface area contributed by atoms with Gasteiger partial charge in [-0.3, -0.25) is 4.90 Å². The largest absolute Gasteiger partial charge is 0.465 e. The van der Waals surface area contributed by atoms with E-state index in [4.69, 9.17) is 14.9 Å². The van der Waals surface area contributed by atoms with Gasteiger partial charge in [0.25, 0.3) is 0 Å². The van der Waals surface area contributed by atoms with E-state index in [9.17, 15) is 4.79 Å². The summed E-state index contributed by atoms with van der Waals surface area (Å²) in [5.41, 5.74) is 6.44. The number of esters is 1. The first-order valence-electron chi connectivity index (χ1n) is 7.70. The number of nitrogens with zero attached hydrogens (tertiary/aromatic N) is 1. The molecule has 1 aliphatic heterocycles. The molecule has 2 heterocycles. The fourth-order valence-corrected chi connectivity index (χ4v) is 3.14. The van der Waals surface area contributed by atoms with Gasteiger partial charge in [-0.05, 0) is 38.3 Å². The molecule has 1 aromatic rings. The number of likely N-dealkylation sites (tertiary alicyclic amines) is 1. The number of piperidine rings is 1. The van der Waals surface area contributed by atoms with Gasteiger partial charge in [0, 0.05) is 12.6 Å². The lowest BCUT2D eigenvalue weighted by molar-refractivity contribution is 0.0599. The highest BCUT2D eigenvalue weighted by molar-refractivity contribution is 5.90. The number of ether oxygens (including phenoxy) is 1. The zero-order valence-electron chi connectivity index (χ0n) is 13.2. The molecule has 0 amide bonds. The first kappa shape index (κ1) is 16.0. The molecule has 0 bridgehead atoms. The van der Waals surface area contributed by atoms with Gasteiger partial charge in [-0.1, -0.05) is 13.3 Å². The van der Waals surface area contributed by atoms with E-state index in [1.54, 1.807) is 13.0 Å². The van der Waals surface area contributed by atoms with Crippen LogP contribution in [0.25, 0.3) is 0 Å². The standard InChI is InChI=1S/C16H26N2O3/c1-4-12-5-6-18(13(7-12)9-17)10-14-8-15(11(2)21-14)16(19)20-3/h8,12-13H,4-7,9-10,17H2,1-3H3. The molecule has 0 aromatic carbocycles. The Hall–Kier alpha value is -1.33. The van der Waals surface area contributed by atoms with Crippen LogP contribution in [0.2, 0.25) is 0 Å². The van der Waals surface area contributed by atoms with E-state index in [1.165, 1.54) is 20.0 Å². The maximum Gasteiger partial charge on any atom is 0.341 e. The van der Waals surface area contributed by atoms with Crippen LogP contribution >= 0.6 is 0 Å². The van der Waals surface area contributed by atoms with Gasteiger partial charge >= 0.3 is 5.97 Å². The van der Waals surface area contributed by atoms with Crippen LogP contribution in [0.4, 0.5) is 0 Å². The van der Waals surface area contributed by atoms with E-state index in [2.05, 4.69) is 11.8 Å². The maximum absolute atomic E-state index is 11.6. The van der Waals surface area contributed by atoms with Gasteiger partial charge in [-0.15, -0.1) is 0 Å². The Labute approximate surface area is 126 Å². The van der Waals surface area contributed by atoms with Crippen LogP contribution in [0.3, 0.4) is 0 Å². The van der Waals surface area contributed by atoms with Crippen molar-refractivity contribution in [2.45, 2.75) is 45.7 Å². The minimum Gasteiger partial charge on any atom is -0.465 e. The van der Waals surface area contributed by atoms with Crippen molar-refractivity contribution in [3.63, 3.8) is 0 Å². The molecule has 1 saturated heterocycles. The van der Waals surface area contributed by atoms with Gasteiger partial charge < -0.3 is 14.9 Å². The average molecular weight is 294 g/mol. The Morgan fingerprint density at radius 3 is 2.95 bits per heavy atom. The van der Waals surface area contributed by atoms with Crippen LogP contribution in [0.5, 0.6) is 0 Å². The third-order valence-corrected chi connectivity index (χ3v) is 4.53. The van der Waals surface area contributed by atoms with Gasteiger partial charge in [-0.25, -0.2) is 4.79 Å². The first-order chi connectivity index (χ1) is 10.1. The van der Waals surface area contributed by atoms with Crippen LogP contribution in [0, 0.1) is 12.8 Å². The molecule has 0 saturated carbocycles. The van der Waals surface area contributed by atoms with E-state index >= 15 is 0 Å². The number of aryl methyl sites for hydroxylation is 1. The quantitative estimate of drug-likeness (QED) is 0.844. The first-order valence-corrected chi connectivity index (χ1v) is 7.70. The zero-order chi connectivity index (χ0) is 15.4. The number of rotatable bonds is 5. The van der Waals surface area contributed by atoms with Crippen LogP contribution in [-0.4, -0.2) is 37.1 Å². The van der Waals surface area contributed by atoms with Crippen molar-refractivity contribution in [2.24, 2.45) is 11.7 Å². The predicted octanol–water partition coefficient (Wildman–Crippen LogP) is 2.32. The fourth-order valence-electron chi connectivity index (χ4n) is 3.14. The topological polar surface area (TPSA) is 68.7 Å². The van der Waals surface area contributed by atoms with Crippen molar-refractivity contribution in [3.05, 3.63) is 23.2 Å². The molecule has 1 fully saturated rings. The molecule has 0 aliphatic carbocycles. The molecule has 1 aromatic heterocycles. The third kappa shape index (κ3) is 3.66. The summed E-state index contributed by atoms with van der Waals surface area (Å²) in [7, 11) is 1.38. The molecule has 2 atom stereocenters. The van der Waals surface area contributed by atoms with E-state index in [0.717, 1.165) is 24.6 Å². The molecule has 0 radical (unpaired) electrons. The second kappa shape index (κ2) is 7.09. The second-order valence-electron chi connectivity index (χ2n) is 5.83. The smallest absolute Gasteiger partial charge is 0.341 e. The molecule has 5 nitrogen and oxygen atoms in total. The summed E-state index contributed by atoms with van der Waals surface area (Å²) in [5, 5.41) is 0. The molecule has 2 unspecified atom stereocenters. The number of hydrogen-bond acceptors (Lipinski definition) is 5. The molecule has 0 spiro atoms. The lowest BCUT2D eigenvalue weighted by Crippen LogP contribution is -2.45. The highest BCUT2D eigenvalue weighted by Gasteiger charge is 2.28. The minimum absolute atomic E-state index is 0.345. The molecular weight excluding hydrogens is 268 g/mol. The minimum atomic E-state index is -0.345. The SMILES string of the molecule is CCC1CCN(Cc2cc(C(=O)OC)c(C)o2)C(CN)C1. The highest BCUT2D eigenvalue weighted by Crippen LogP contribution is 2.27. The van der Waals surface area contributed by atoms with E-state index < -0.39 is 0 Å². The third-order valence-electron chi connectivity index (χ3n) is 4.53. The summed E-state index contributed by atoms with van der Waals surface area (Å²) >= 11 is 0. The van der Waals surface area contributed by atoms with Crippen LogP contribution in [-0.2, 0) is 11.3 Å². The Balaban J connectivity index is 2.05. The maximum atomic E-state index is 11.6. The molecule has 118 valence electrons. The summed E-state index contributed by atoms with van der Waals surface area (Å²) in [5.74, 6) is 1.85. The van der Waals surface area contributed by atoms with Gasteiger partial charge in [0.2, 0.25) is 0 Å². The van der Waals surface area contributed by atoms with Crippen molar-refractivity contribution in [1.82, 2.24) is 4.90 Å². The monoisotopic (exact) mass is 294 g/mol. The second-order valence-corrected chi connectivity index (χ2v) is 5.83. The zero-order valence-corrected chi connectivity index (χ0v) is 13.2. The number of carbonyl (C=O) groups excluding carboxylic acids is 1. The normalized spacial score (nSPS) is 23.2. The summed E-state index contributed by atoms with van der Waals surface area (Å²) in [4.78, 5) is 14.0.